The third-order valence-electron chi connectivity index (χ3n) is 4.38. The zero-order valence-electron chi connectivity index (χ0n) is 14.5. The van der Waals surface area contributed by atoms with Gasteiger partial charge in [0.2, 0.25) is 0 Å². The number of carbonyl (C=O) groups is 1. The summed E-state index contributed by atoms with van der Waals surface area (Å²) in [5, 5.41) is 13.5. The molecule has 25 heavy (non-hydrogen) atoms. The van der Waals surface area contributed by atoms with E-state index in [0.717, 1.165) is 23.2 Å². The number of hydrogen-bond acceptors (Lipinski definition) is 2. The van der Waals surface area contributed by atoms with Crippen LogP contribution >= 0.6 is 0 Å². The molecule has 0 saturated heterocycles. The van der Waals surface area contributed by atoms with Gasteiger partial charge in [0, 0.05) is 36.7 Å². The van der Waals surface area contributed by atoms with E-state index in [1.807, 2.05) is 24.3 Å². The summed E-state index contributed by atoms with van der Waals surface area (Å²) in [6.45, 7) is 3.15. The summed E-state index contributed by atoms with van der Waals surface area (Å²) in [6.07, 6.45) is 0.786. The van der Waals surface area contributed by atoms with Gasteiger partial charge in [-0.05, 0) is 42.7 Å². The Hall–Kier alpha value is -2.95. The maximum atomic E-state index is 12.2. The summed E-state index contributed by atoms with van der Waals surface area (Å²) >= 11 is 0. The van der Waals surface area contributed by atoms with Crippen LogP contribution in [0.4, 0.5) is 4.79 Å². The maximum Gasteiger partial charge on any atom is 0.317 e. The normalized spacial score (nSPS) is 10.8. The van der Waals surface area contributed by atoms with Crippen molar-refractivity contribution in [1.82, 2.24) is 15.2 Å². The number of phenolic OH excluding ortho intramolecular Hbond substituents is 1. The van der Waals surface area contributed by atoms with Crippen LogP contribution in [0.5, 0.6) is 5.75 Å². The molecule has 130 valence electrons. The Morgan fingerprint density at radius 2 is 1.88 bits per heavy atom. The lowest BCUT2D eigenvalue weighted by molar-refractivity contribution is 0.207. The van der Waals surface area contributed by atoms with E-state index in [1.54, 1.807) is 24.1 Å². The van der Waals surface area contributed by atoms with Crippen LogP contribution in [0.25, 0.3) is 10.9 Å². The van der Waals surface area contributed by atoms with E-state index < -0.39 is 0 Å². The second-order valence-electron chi connectivity index (χ2n) is 6.28. The first-order chi connectivity index (χ1) is 12.0. The summed E-state index contributed by atoms with van der Waals surface area (Å²) in [5.74, 6) is 0.227. The molecule has 0 aliphatic carbocycles. The number of aromatic hydroxyl groups is 1. The Bertz CT molecular complexity index is 868. The quantitative estimate of drug-likeness (QED) is 0.666. The molecule has 0 bridgehead atoms. The van der Waals surface area contributed by atoms with Crippen molar-refractivity contribution in [3.05, 3.63) is 65.4 Å². The number of H-pyrrole nitrogens is 1. The van der Waals surface area contributed by atoms with Crippen LogP contribution < -0.4 is 5.32 Å². The highest BCUT2D eigenvalue weighted by atomic mass is 16.3. The Morgan fingerprint density at radius 3 is 2.64 bits per heavy atom. The lowest BCUT2D eigenvalue weighted by Gasteiger charge is -2.18. The molecule has 0 fully saturated rings. The topological polar surface area (TPSA) is 68.4 Å². The van der Waals surface area contributed by atoms with Gasteiger partial charge < -0.3 is 20.3 Å². The molecule has 0 spiro atoms. The number of phenols is 1. The average Bonchev–Trinajstić information content (AvgIpc) is 2.92. The molecule has 2 aromatic carbocycles. The highest BCUT2D eigenvalue weighted by Gasteiger charge is 2.11. The molecule has 3 N–H and O–H groups in total. The molecule has 2 amide bonds. The van der Waals surface area contributed by atoms with Gasteiger partial charge in [-0.15, -0.1) is 0 Å². The van der Waals surface area contributed by atoms with E-state index >= 15 is 0 Å². The number of fused-ring (bicyclic) bond motifs is 1. The van der Waals surface area contributed by atoms with Crippen LogP contribution in [0.3, 0.4) is 0 Å². The second-order valence-corrected chi connectivity index (χ2v) is 6.28. The predicted octanol–water partition coefficient (Wildman–Crippen LogP) is 3.57. The predicted molar refractivity (Wildman–Crippen MR) is 99.7 cm³/mol. The number of nitrogens with one attached hydrogen (secondary N) is 2. The number of aryl methyl sites for hydroxylation is 1. The average molecular weight is 337 g/mol. The van der Waals surface area contributed by atoms with Crippen molar-refractivity contribution in [2.24, 2.45) is 0 Å². The molecular formula is C20H23N3O2. The van der Waals surface area contributed by atoms with Crippen LogP contribution in [0.2, 0.25) is 0 Å². The zero-order chi connectivity index (χ0) is 17.8. The van der Waals surface area contributed by atoms with E-state index in [9.17, 15) is 9.90 Å². The summed E-state index contributed by atoms with van der Waals surface area (Å²) in [7, 11) is 1.76. The van der Waals surface area contributed by atoms with Gasteiger partial charge in [-0.25, -0.2) is 4.79 Å². The molecule has 1 heterocycles. The van der Waals surface area contributed by atoms with Gasteiger partial charge >= 0.3 is 6.03 Å². The van der Waals surface area contributed by atoms with Crippen molar-refractivity contribution >= 4 is 16.9 Å². The van der Waals surface area contributed by atoms with E-state index in [0.29, 0.717) is 13.1 Å². The molecule has 0 unspecified atom stereocenters. The van der Waals surface area contributed by atoms with Crippen molar-refractivity contribution in [2.45, 2.75) is 19.9 Å². The minimum Gasteiger partial charge on any atom is -0.508 e. The molecule has 5 nitrogen and oxygen atoms in total. The van der Waals surface area contributed by atoms with E-state index in [4.69, 9.17) is 0 Å². The molecule has 0 atom stereocenters. The molecule has 0 aliphatic heterocycles. The van der Waals surface area contributed by atoms with Gasteiger partial charge in [-0.1, -0.05) is 30.3 Å². The lowest BCUT2D eigenvalue weighted by Crippen LogP contribution is -2.37. The van der Waals surface area contributed by atoms with E-state index in [1.165, 1.54) is 10.9 Å². The molecule has 5 heteroatoms. The second kappa shape index (κ2) is 7.30. The number of para-hydroxylation sites is 1. The Labute approximate surface area is 147 Å². The van der Waals surface area contributed by atoms with E-state index in [2.05, 4.69) is 29.4 Å². The fourth-order valence-electron chi connectivity index (χ4n) is 3.03. The first-order valence-electron chi connectivity index (χ1n) is 8.37. The van der Waals surface area contributed by atoms with E-state index in [-0.39, 0.29) is 11.8 Å². The number of hydrogen-bond donors (Lipinski definition) is 3. The van der Waals surface area contributed by atoms with Crippen LogP contribution in [0.15, 0.2) is 48.5 Å². The number of urea groups is 1. The van der Waals surface area contributed by atoms with Gasteiger partial charge in [-0.2, -0.15) is 0 Å². The van der Waals surface area contributed by atoms with Crippen molar-refractivity contribution in [3.8, 4) is 5.75 Å². The number of aromatic amines is 1. The van der Waals surface area contributed by atoms with Crippen LogP contribution in [0.1, 0.15) is 16.8 Å². The third-order valence-corrected chi connectivity index (χ3v) is 4.38. The van der Waals surface area contributed by atoms with Crippen molar-refractivity contribution in [3.63, 3.8) is 0 Å². The summed E-state index contributed by atoms with van der Waals surface area (Å²) in [5.41, 5.74) is 4.50. The summed E-state index contributed by atoms with van der Waals surface area (Å²) in [6, 6.07) is 15.0. The highest BCUT2D eigenvalue weighted by molar-refractivity contribution is 5.84. The molecule has 0 aliphatic rings. The van der Waals surface area contributed by atoms with Crippen molar-refractivity contribution in [2.75, 3.05) is 13.6 Å². The monoisotopic (exact) mass is 337 g/mol. The van der Waals surface area contributed by atoms with Gasteiger partial charge in [-0.3, -0.25) is 0 Å². The molecule has 0 saturated carbocycles. The van der Waals surface area contributed by atoms with Gasteiger partial charge in [0.25, 0.3) is 0 Å². The van der Waals surface area contributed by atoms with Crippen molar-refractivity contribution < 1.29 is 9.90 Å². The SMILES string of the molecule is Cc1[nH]c2ccccc2c1CCNC(=O)N(C)Cc1ccc(O)cc1. The molecule has 1 aromatic heterocycles. The first kappa shape index (κ1) is 16.9. The fraction of sp³-hybridized carbons (Fsp3) is 0.250. The highest BCUT2D eigenvalue weighted by Crippen LogP contribution is 2.21. The number of amides is 2. The smallest absolute Gasteiger partial charge is 0.317 e. The Kier molecular flexibility index (Phi) is 4.93. The first-order valence-corrected chi connectivity index (χ1v) is 8.37. The number of nitrogens with zero attached hydrogens (tertiary/aromatic N) is 1. The Morgan fingerprint density at radius 1 is 1.16 bits per heavy atom. The largest absolute Gasteiger partial charge is 0.508 e. The molecule has 0 radical (unpaired) electrons. The van der Waals surface area contributed by atoms with Crippen molar-refractivity contribution in [1.29, 1.82) is 0 Å². The minimum atomic E-state index is -0.106. The number of benzene rings is 2. The number of carbonyl (C=O) groups excluding carboxylic acids is 1. The lowest BCUT2D eigenvalue weighted by atomic mass is 10.1. The summed E-state index contributed by atoms with van der Waals surface area (Å²) in [4.78, 5) is 17.3. The number of rotatable bonds is 5. The maximum absolute atomic E-state index is 12.2. The van der Waals surface area contributed by atoms with Gasteiger partial charge in [0.05, 0.1) is 0 Å². The fourth-order valence-corrected chi connectivity index (χ4v) is 3.03. The van der Waals surface area contributed by atoms with Gasteiger partial charge in [0.15, 0.2) is 0 Å². The zero-order valence-corrected chi connectivity index (χ0v) is 14.5. The van der Waals surface area contributed by atoms with Crippen LogP contribution in [0, 0.1) is 6.92 Å². The number of aromatic nitrogens is 1. The Balaban J connectivity index is 1.55. The molecule has 3 aromatic rings. The minimum absolute atomic E-state index is 0.106. The standard InChI is InChI=1S/C20H23N3O2/c1-14-17(18-5-3-4-6-19(18)22-14)11-12-21-20(25)23(2)13-15-7-9-16(24)10-8-15/h3-10,22,24H,11-13H2,1-2H3,(H,21,25). The summed E-state index contributed by atoms with van der Waals surface area (Å²) < 4.78 is 0. The van der Waals surface area contributed by atoms with Crippen LogP contribution in [-0.2, 0) is 13.0 Å². The molecule has 3 rings (SSSR count). The third kappa shape index (κ3) is 3.94. The van der Waals surface area contributed by atoms with Crippen LogP contribution in [-0.4, -0.2) is 34.6 Å². The van der Waals surface area contributed by atoms with Gasteiger partial charge in [0.1, 0.15) is 5.75 Å². The molecular weight excluding hydrogens is 314 g/mol.